The highest BCUT2D eigenvalue weighted by Gasteiger charge is 2.23. The standard InChI is InChI=1S/C19H20ClNO3/c1-19(2,12-14-8-4-6-10-16(14)20)21-17(22)11-13-7-3-5-9-15(13)18(23)24/h3-10H,11-12H2,1-2H3,(H,21,22)(H,23,24). The summed E-state index contributed by atoms with van der Waals surface area (Å²) in [7, 11) is 0. The lowest BCUT2D eigenvalue weighted by molar-refractivity contribution is -0.122. The summed E-state index contributed by atoms with van der Waals surface area (Å²) in [5, 5.41) is 12.8. The van der Waals surface area contributed by atoms with E-state index in [4.69, 9.17) is 11.6 Å². The van der Waals surface area contributed by atoms with E-state index in [0.29, 0.717) is 17.0 Å². The molecule has 0 unspecified atom stereocenters. The molecule has 5 heteroatoms. The van der Waals surface area contributed by atoms with Gasteiger partial charge in [0.2, 0.25) is 5.91 Å². The van der Waals surface area contributed by atoms with Crippen molar-refractivity contribution in [1.82, 2.24) is 5.32 Å². The first-order valence-electron chi connectivity index (χ1n) is 7.64. The van der Waals surface area contributed by atoms with Gasteiger partial charge in [-0.15, -0.1) is 0 Å². The van der Waals surface area contributed by atoms with Crippen LogP contribution in [0.25, 0.3) is 0 Å². The Balaban J connectivity index is 2.06. The maximum atomic E-state index is 12.3. The number of hydrogen-bond acceptors (Lipinski definition) is 2. The molecule has 0 aliphatic heterocycles. The van der Waals surface area contributed by atoms with Gasteiger partial charge in [0.15, 0.2) is 0 Å². The predicted molar refractivity (Wildman–Crippen MR) is 94.5 cm³/mol. The van der Waals surface area contributed by atoms with Gasteiger partial charge in [0.1, 0.15) is 0 Å². The molecule has 0 aromatic heterocycles. The monoisotopic (exact) mass is 345 g/mol. The highest BCUT2D eigenvalue weighted by molar-refractivity contribution is 6.31. The van der Waals surface area contributed by atoms with Crippen molar-refractivity contribution in [2.45, 2.75) is 32.2 Å². The summed E-state index contributed by atoms with van der Waals surface area (Å²) in [6.07, 6.45) is 0.605. The quantitative estimate of drug-likeness (QED) is 0.838. The summed E-state index contributed by atoms with van der Waals surface area (Å²) in [5.74, 6) is -1.26. The van der Waals surface area contributed by atoms with Gasteiger partial charge in [0.25, 0.3) is 0 Å². The lowest BCUT2D eigenvalue weighted by Crippen LogP contribution is -2.45. The molecule has 0 aliphatic carbocycles. The van der Waals surface area contributed by atoms with Crippen LogP contribution in [0.15, 0.2) is 48.5 Å². The van der Waals surface area contributed by atoms with E-state index in [1.807, 2.05) is 38.1 Å². The summed E-state index contributed by atoms with van der Waals surface area (Å²) < 4.78 is 0. The van der Waals surface area contributed by atoms with Crippen LogP contribution in [-0.2, 0) is 17.6 Å². The number of hydrogen-bond donors (Lipinski definition) is 2. The molecule has 2 aromatic rings. The van der Waals surface area contributed by atoms with Gasteiger partial charge < -0.3 is 10.4 Å². The fourth-order valence-electron chi connectivity index (χ4n) is 2.64. The second kappa shape index (κ2) is 7.49. The average Bonchev–Trinajstić information content (AvgIpc) is 2.49. The van der Waals surface area contributed by atoms with E-state index in [-0.39, 0.29) is 17.9 Å². The number of halogens is 1. The average molecular weight is 346 g/mol. The second-order valence-electron chi connectivity index (χ2n) is 6.34. The number of nitrogens with one attached hydrogen (secondary N) is 1. The van der Waals surface area contributed by atoms with Crippen LogP contribution in [0.5, 0.6) is 0 Å². The number of amides is 1. The van der Waals surface area contributed by atoms with Crippen LogP contribution in [0.3, 0.4) is 0 Å². The van der Waals surface area contributed by atoms with E-state index in [1.54, 1.807) is 18.2 Å². The van der Waals surface area contributed by atoms with Gasteiger partial charge >= 0.3 is 5.97 Å². The van der Waals surface area contributed by atoms with Crippen molar-refractivity contribution in [2.75, 3.05) is 0 Å². The highest BCUT2D eigenvalue weighted by Crippen LogP contribution is 2.21. The van der Waals surface area contributed by atoms with Crippen molar-refractivity contribution in [3.8, 4) is 0 Å². The number of carboxylic acid groups (broad SMARTS) is 1. The first-order chi connectivity index (χ1) is 11.3. The van der Waals surface area contributed by atoms with Crippen molar-refractivity contribution < 1.29 is 14.7 Å². The molecule has 126 valence electrons. The molecule has 0 radical (unpaired) electrons. The molecule has 0 aliphatic rings. The van der Waals surface area contributed by atoms with Crippen LogP contribution in [0, 0.1) is 0 Å². The molecule has 0 atom stereocenters. The Kier molecular flexibility index (Phi) is 5.62. The van der Waals surface area contributed by atoms with Crippen molar-refractivity contribution in [2.24, 2.45) is 0 Å². The van der Waals surface area contributed by atoms with Gasteiger partial charge in [-0.3, -0.25) is 4.79 Å². The summed E-state index contributed by atoms with van der Waals surface area (Å²) in [4.78, 5) is 23.6. The van der Waals surface area contributed by atoms with Gasteiger partial charge in [-0.05, 0) is 43.5 Å². The number of rotatable bonds is 6. The van der Waals surface area contributed by atoms with Gasteiger partial charge in [-0.1, -0.05) is 48.0 Å². The van der Waals surface area contributed by atoms with Crippen molar-refractivity contribution in [3.63, 3.8) is 0 Å². The Bertz CT molecular complexity index is 756. The summed E-state index contributed by atoms with van der Waals surface area (Å²) in [5.41, 5.74) is 1.10. The first kappa shape index (κ1) is 18.0. The lowest BCUT2D eigenvalue weighted by atomic mass is 9.94. The Morgan fingerprint density at radius 1 is 1.04 bits per heavy atom. The third-order valence-electron chi connectivity index (χ3n) is 3.67. The fraction of sp³-hybridized carbons (Fsp3) is 0.263. The lowest BCUT2D eigenvalue weighted by Gasteiger charge is -2.27. The highest BCUT2D eigenvalue weighted by atomic mass is 35.5. The number of aromatic carboxylic acids is 1. The van der Waals surface area contributed by atoms with Crippen molar-refractivity contribution in [1.29, 1.82) is 0 Å². The SMILES string of the molecule is CC(C)(Cc1ccccc1Cl)NC(=O)Cc1ccccc1C(=O)O. The van der Waals surface area contributed by atoms with Crippen LogP contribution in [-0.4, -0.2) is 22.5 Å². The molecule has 2 rings (SSSR count). The van der Waals surface area contributed by atoms with Crippen LogP contribution in [0.4, 0.5) is 0 Å². The minimum absolute atomic E-state index is 0.0222. The molecule has 2 aromatic carbocycles. The van der Waals surface area contributed by atoms with Crippen molar-refractivity contribution >= 4 is 23.5 Å². The van der Waals surface area contributed by atoms with E-state index in [1.165, 1.54) is 6.07 Å². The molecule has 0 heterocycles. The molecule has 0 saturated carbocycles. The third kappa shape index (κ3) is 4.83. The minimum Gasteiger partial charge on any atom is -0.478 e. The van der Waals surface area contributed by atoms with Crippen LogP contribution < -0.4 is 5.32 Å². The van der Waals surface area contributed by atoms with Crippen LogP contribution >= 0.6 is 11.6 Å². The Hall–Kier alpha value is -2.33. The molecule has 24 heavy (non-hydrogen) atoms. The van der Waals surface area contributed by atoms with E-state index in [0.717, 1.165) is 5.56 Å². The van der Waals surface area contributed by atoms with E-state index >= 15 is 0 Å². The predicted octanol–water partition coefficient (Wildman–Crippen LogP) is 3.72. The zero-order valence-electron chi connectivity index (χ0n) is 13.7. The molecular formula is C19H20ClNO3. The Morgan fingerprint density at radius 3 is 2.25 bits per heavy atom. The molecule has 0 spiro atoms. The molecule has 0 saturated heterocycles. The van der Waals surface area contributed by atoms with Crippen molar-refractivity contribution in [3.05, 3.63) is 70.2 Å². The molecule has 0 fully saturated rings. The van der Waals surface area contributed by atoms with E-state index in [2.05, 4.69) is 5.32 Å². The topological polar surface area (TPSA) is 66.4 Å². The van der Waals surface area contributed by atoms with Gasteiger partial charge in [0, 0.05) is 10.6 Å². The summed E-state index contributed by atoms with van der Waals surface area (Å²) in [6.45, 7) is 3.83. The molecule has 2 N–H and O–H groups in total. The molecule has 1 amide bonds. The zero-order chi connectivity index (χ0) is 17.7. The Morgan fingerprint density at radius 2 is 1.62 bits per heavy atom. The molecule has 0 bridgehead atoms. The van der Waals surface area contributed by atoms with Crippen LogP contribution in [0.2, 0.25) is 5.02 Å². The molecular weight excluding hydrogens is 326 g/mol. The van der Waals surface area contributed by atoms with Crippen LogP contribution in [0.1, 0.15) is 35.3 Å². The summed E-state index contributed by atoms with van der Waals surface area (Å²) >= 11 is 6.17. The van der Waals surface area contributed by atoms with Gasteiger partial charge in [0.05, 0.1) is 12.0 Å². The normalized spacial score (nSPS) is 11.1. The fourth-order valence-corrected chi connectivity index (χ4v) is 2.84. The molecule has 4 nitrogen and oxygen atoms in total. The van der Waals surface area contributed by atoms with Gasteiger partial charge in [-0.25, -0.2) is 4.79 Å². The van der Waals surface area contributed by atoms with E-state index < -0.39 is 11.5 Å². The third-order valence-corrected chi connectivity index (χ3v) is 4.04. The largest absolute Gasteiger partial charge is 0.478 e. The first-order valence-corrected chi connectivity index (χ1v) is 8.02. The number of carboxylic acids is 1. The number of carbonyl (C=O) groups is 2. The maximum absolute atomic E-state index is 12.3. The second-order valence-corrected chi connectivity index (χ2v) is 6.75. The zero-order valence-corrected chi connectivity index (χ0v) is 14.4. The number of benzene rings is 2. The smallest absolute Gasteiger partial charge is 0.335 e. The van der Waals surface area contributed by atoms with Gasteiger partial charge in [-0.2, -0.15) is 0 Å². The Labute approximate surface area is 146 Å². The number of carbonyl (C=O) groups excluding carboxylic acids is 1. The summed E-state index contributed by atoms with van der Waals surface area (Å²) in [6, 6.07) is 14.0. The van der Waals surface area contributed by atoms with E-state index in [9.17, 15) is 14.7 Å². The maximum Gasteiger partial charge on any atom is 0.335 e. The minimum atomic E-state index is -1.03.